The lowest BCUT2D eigenvalue weighted by Gasteiger charge is -2.35. The van der Waals surface area contributed by atoms with Crippen LogP contribution in [0.1, 0.15) is 32.0 Å². The molecule has 0 radical (unpaired) electrons. The van der Waals surface area contributed by atoms with Crippen molar-refractivity contribution < 1.29 is 0 Å². The molecule has 1 aromatic carbocycles. The van der Waals surface area contributed by atoms with E-state index in [0.717, 1.165) is 49.8 Å². The first-order chi connectivity index (χ1) is 14.3. The number of fused-ring (bicyclic) bond motifs is 1. The number of hydrogen-bond donors (Lipinski definition) is 0. The molecule has 0 atom stereocenters. The second-order valence-electron chi connectivity index (χ2n) is 9.17. The van der Waals surface area contributed by atoms with Crippen molar-refractivity contribution >= 4 is 16.7 Å². The lowest BCUT2D eigenvalue weighted by Crippen LogP contribution is -2.48. The molecule has 0 aliphatic carbocycles. The fourth-order valence-electron chi connectivity index (χ4n) is 3.94. The molecule has 4 rings (SSSR count). The van der Waals surface area contributed by atoms with Crippen LogP contribution in [-0.4, -0.2) is 52.4 Å². The molecular weight excluding hydrogens is 374 g/mol. The Morgan fingerprint density at radius 1 is 0.967 bits per heavy atom. The van der Waals surface area contributed by atoms with Gasteiger partial charge in [0.25, 0.3) is 5.56 Å². The summed E-state index contributed by atoms with van der Waals surface area (Å²) in [7, 11) is 0. The van der Waals surface area contributed by atoms with Gasteiger partial charge in [-0.05, 0) is 30.7 Å². The van der Waals surface area contributed by atoms with E-state index in [1.54, 1.807) is 10.7 Å². The number of aromatic nitrogens is 3. The van der Waals surface area contributed by atoms with E-state index in [1.165, 1.54) is 10.9 Å². The number of rotatable bonds is 4. The Balaban J connectivity index is 1.38. The number of para-hydroxylation sites is 1. The Hall–Kier alpha value is -2.73. The fraction of sp³-hybridized carbons (Fsp3) is 0.458. The van der Waals surface area contributed by atoms with E-state index in [-0.39, 0.29) is 11.0 Å². The van der Waals surface area contributed by atoms with E-state index in [0.29, 0.717) is 6.54 Å². The first-order valence-corrected chi connectivity index (χ1v) is 10.7. The Bertz CT molecular complexity index is 1090. The van der Waals surface area contributed by atoms with Crippen molar-refractivity contribution in [2.75, 3.05) is 37.6 Å². The fourth-order valence-corrected chi connectivity index (χ4v) is 3.94. The zero-order valence-electron chi connectivity index (χ0n) is 18.4. The molecule has 1 aliphatic heterocycles. The van der Waals surface area contributed by atoms with Crippen LogP contribution in [0.5, 0.6) is 0 Å². The smallest absolute Gasteiger partial charge is 0.266 e. The van der Waals surface area contributed by atoms with Gasteiger partial charge in [-0.25, -0.2) is 9.67 Å². The van der Waals surface area contributed by atoms with Gasteiger partial charge >= 0.3 is 0 Å². The third kappa shape index (κ3) is 4.38. The van der Waals surface area contributed by atoms with Gasteiger partial charge in [0.15, 0.2) is 0 Å². The van der Waals surface area contributed by atoms with Gasteiger partial charge in [0, 0.05) is 49.6 Å². The summed E-state index contributed by atoms with van der Waals surface area (Å²) < 4.78 is 1.61. The van der Waals surface area contributed by atoms with E-state index in [2.05, 4.69) is 66.9 Å². The summed E-state index contributed by atoms with van der Waals surface area (Å²) >= 11 is 0. The summed E-state index contributed by atoms with van der Waals surface area (Å²) in [6.45, 7) is 13.8. The SMILES string of the molecule is Cc1cc(N2CCN(CCn3nc(C(C)(C)C)ccc3=O)CC2)nc2ccccc12. The lowest BCUT2D eigenvalue weighted by molar-refractivity contribution is 0.241. The first-order valence-electron chi connectivity index (χ1n) is 10.7. The summed E-state index contributed by atoms with van der Waals surface area (Å²) in [6.07, 6.45) is 0. The third-order valence-electron chi connectivity index (χ3n) is 5.87. The maximum absolute atomic E-state index is 12.2. The molecule has 30 heavy (non-hydrogen) atoms. The minimum atomic E-state index is -0.0634. The van der Waals surface area contributed by atoms with E-state index in [9.17, 15) is 4.79 Å². The molecule has 0 bridgehead atoms. The zero-order valence-corrected chi connectivity index (χ0v) is 18.4. The summed E-state index contributed by atoms with van der Waals surface area (Å²) in [5.41, 5.74) is 3.18. The van der Waals surface area contributed by atoms with Crippen molar-refractivity contribution in [2.45, 2.75) is 39.7 Å². The summed E-state index contributed by atoms with van der Waals surface area (Å²) in [4.78, 5) is 21.9. The van der Waals surface area contributed by atoms with Gasteiger partial charge in [-0.15, -0.1) is 0 Å². The highest BCUT2D eigenvalue weighted by molar-refractivity contribution is 5.83. The monoisotopic (exact) mass is 405 g/mol. The van der Waals surface area contributed by atoms with Crippen LogP contribution in [-0.2, 0) is 12.0 Å². The summed E-state index contributed by atoms with van der Waals surface area (Å²) in [5.74, 6) is 1.06. The van der Waals surface area contributed by atoms with Gasteiger partial charge in [0.1, 0.15) is 5.82 Å². The molecule has 0 saturated carbocycles. The van der Waals surface area contributed by atoms with Crippen LogP contribution in [0.3, 0.4) is 0 Å². The largest absolute Gasteiger partial charge is 0.354 e. The molecule has 0 spiro atoms. The molecule has 158 valence electrons. The number of nitrogens with zero attached hydrogens (tertiary/aromatic N) is 5. The number of hydrogen-bond acceptors (Lipinski definition) is 5. The molecule has 6 nitrogen and oxygen atoms in total. The van der Waals surface area contributed by atoms with Crippen LogP contribution >= 0.6 is 0 Å². The van der Waals surface area contributed by atoms with E-state index < -0.39 is 0 Å². The average Bonchev–Trinajstić information content (AvgIpc) is 2.73. The minimum Gasteiger partial charge on any atom is -0.354 e. The van der Waals surface area contributed by atoms with Crippen molar-refractivity contribution in [1.82, 2.24) is 19.7 Å². The number of piperazine rings is 1. The van der Waals surface area contributed by atoms with Crippen LogP contribution in [0.4, 0.5) is 5.82 Å². The van der Waals surface area contributed by atoms with Gasteiger partial charge in [0.05, 0.1) is 17.8 Å². The predicted molar refractivity (Wildman–Crippen MR) is 122 cm³/mol. The maximum atomic E-state index is 12.2. The van der Waals surface area contributed by atoms with E-state index >= 15 is 0 Å². The lowest BCUT2D eigenvalue weighted by atomic mass is 9.92. The second kappa shape index (κ2) is 8.19. The van der Waals surface area contributed by atoms with Crippen molar-refractivity contribution in [1.29, 1.82) is 0 Å². The van der Waals surface area contributed by atoms with E-state index in [4.69, 9.17) is 4.98 Å². The summed E-state index contributed by atoms with van der Waals surface area (Å²) in [5, 5.41) is 5.80. The molecule has 1 fully saturated rings. The van der Waals surface area contributed by atoms with Gasteiger partial charge in [-0.3, -0.25) is 9.69 Å². The second-order valence-corrected chi connectivity index (χ2v) is 9.17. The number of pyridine rings is 1. The molecule has 1 aliphatic rings. The van der Waals surface area contributed by atoms with Gasteiger partial charge in [0.2, 0.25) is 0 Å². The minimum absolute atomic E-state index is 0.0301. The topological polar surface area (TPSA) is 54.3 Å². The van der Waals surface area contributed by atoms with Crippen LogP contribution in [0, 0.1) is 6.92 Å². The predicted octanol–water partition coefficient (Wildman–Crippen LogP) is 3.22. The van der Waals surface area contributed by atoms with Crippen molar-refractivity contribution in [2.24, 2.45) is 0 Å². The highest BCUT2D eigenvalue weighted by atomic mass is 16.1. The van der Waals surface area contributed by atoms with Crippen molar-refractivity contribution in [3.63, 3.8) is 0 Å². The standard InChI is InChI=1S/C24H31N5O/c1-18-17-22(25-20-8-6-5-7-19(18)20)28-14-11-27(12-15-28)13-16-29-23(30)10-9-21(26-29)24(2,3)4/h5-10,17H,11-16H2,1-4H3. The molecule has 3 aromatic rings. The molecule has 6 heteroatoms. The molecule has 1 saturated heterocycles. The van der Waals surface area contributed by atoms with Crippen LogP contribution in [0.15, 0.2) is 47.3 Å². The van der Waals surface area contributed by atoms with Crippen LogP contribution < -0.4 is 10.5 Å². The van der Waals surface area contributed by atoms with Crippen molar-refractivity contribution in [3.8, 4) is 0 Å². The Labute approximate surface area is 178 Å². The number of benzene rings is 1. The summed E-state index contributed by atoms with van der Waals surface area (Å²) in [6, 6.07) is 14.0. The average molecular weight is 406 g/mol. The van der Waals surface area contributed by atoms with Gasteiger partial charge < -0.3 is 4.90 Å². The third-order valence-corrected chi connectivity index (χ3v) is 5.87. The Kier molecular flexibility index (Phi) is 5.60. The molecule has 0 amide bonds. The van der Waals surface area contributed by atoms with Gasteiger partial charge in [-0.1, -0.05) is 39.0 Å². The highest BCUT2D eigenvalue weighted by Crippen LogP contribution is 2.23. The molecule has 0 N–H and O–H groups in total. The van der Waals surface area contributed by atoms with Crippen molar-refractivity contribution in [3.05, 3.63) is 64.1 Å². The van der Waals surface area contributed by atoms with Crippen LogP contribution in [0.25, 0.3) is 10.9 Å². The highest BCUT2D eigenvalue weighted by Gasteiger charge is 2.20. The van der Waals surface area contributed by atoms with Crippen LogP contribution in [0.2, 0.25) is 0 Å². The number of aryl methyl sites for hydroxylation is 1. The molecule has 0 unspecified atom stereocenters. The molecule has 3 heterocycles. The quantitative estimate of drug-likeness (QED) is 0.667. The Morgan fingerprint density at radius 2 is 1.70 bits per heavy atom. The maximum Gasteiger partial charge on any atom is 0.266 e. The normalized spacial score (nSPS) is 15.7. The van der Waals surface area contributed by atoms with Gasteiger partial charge in [-0.2, -0.15) is 5.10 Å². The first kappa shape index (κ1) is 20.5. The molecular formula is C24H31N5O. The Morgan fingerprint density at radius 3 is 2.43 bits per heavy atom. The number of anilines is 1. The van der Waals surface area contributed by atoms with E-state index in [1.807, 2.05) is 12.1 Å². The zero-order chi connectivity index (χ0) is 21.3. The molecule has 2 aromatic heterocycles.